The van der Waals surface area contributed by atoms with E-state index in [9.17, 15) is 4.79 Å². The number of hydrogen-bond donors (Lipinski definition) is 2. The topological polar surface area (TPSA) is 77.2 Å². The Morgan fingerprint density at radius 1 is 1.69 bits per heavy atom. The molecule has 0 bridgehead atoms. The van der Waals surface area contributed by atoms with Crippen LogP contribution >= 0.6 is 0 Å². The Balaban J connectivity index is 2.14. The first-order valence-corrected chi connectivity index (χ1v) is 5.22. The van der Waals surface area contributed by atoms with Crippen LogP contribution in [0.5, 0.6) is 5.88 Å². The highest BCUT2D eigenvalue weighted by molar-refractivity contribution is 5.97. The van der Waals surface area contributed by atoms with Gasteiger partial charge in [0, 0.05) is 12.7 Å². The number of hydrogen-bond acceptors (Lipinski definition) is 4. The Kier molecular flexibility index (Phi) is 2.78. The van der Waals surface area contributed by atoms with E-state index in [1.54, 1.807) is 18.3 Å². The Bertz CT molecular complexity index is 402. The molecule has 1 aromatic rings. The van der Waals surface area contributed by atoms with Crippen LogP contribution in [0.3, 0.4) is 0 Å². The number of pyridine rings is 1. The first kappa shape index (κ1) is 10.9. The van der Waals surface area contributed by atoms with Crippen molar-refractivity contribution >= 4 is 5.91 Å². The molecule has 3 N–H and O–H groups in total. The van der Waals surface area contributed by atoms with Crippen molar-refractivity contribution in [2.24, 2.45) is 5.73 Å². The van der Waals surface area contributed by atoms with E-state index in [4.69, 9.17) is 10.5 Å². The number of rotatable bonds is 4. The van der Waals surface area contributed by atoms with Crippen LogP contribution in [0.15, 0.2) is 18.3 Å². The smallest absolute Gasteiger partial charge is 0.257 e. The zero-order valence-corrected chi connectivity index (χ0v) is 9.19. The maximum absolute atomic E-state index is 12.0. The molecule has 1 amide bonds. The highest BCUT2D eigenvalue weighted by atomic mass is 16.5. The summed E-state index contributed by atoms with van der Waals surface area (Å²) in [4.78, 5) is 15.9. The summed E-state index contributed by atoms with van der Waals surface area (Å²) in [7, 11) is 1.49. The standard InChI is InChI=1S/C11H15N3O2/c1-16-10-8(3-2-6-13-10)9(15)14-11(7-12)4-5-11/h2-3,6H,4-5,7,12H2,1H3,(H,14,15). The molecule has 2 rings (SSSR count). The average molecular weight is 221 g/mol. The van der Waals surface area contributed by atoms with Crippen LogP contribution < -0.4 is 15.8 Å². The molecule has 0 unspecified atom stereocenters. The number of methoxy groups -OCH3 is 1. The second kappa shape index (κ2) is 4.09. The molecule has 0 aromatic carbocycles. The van der Waals surface area contributed by atoms with Gasteiger partial charge in [0.2, 0.25) is 5.88 Å². The lowest BCUT2D eigenvalue weighted by atomic mass is 10.2. The number of carbonyl (C=O) groups excluding carboxylic acids is 1. The molecule has 5 heteroatoms. The maximum atomic E-state index is 12.0. The minimum Gasteiger partial charge on any atom is -0.480 e. The third-order valence-electron chi connectivity index (χ3n) is 2.83. The monoisotopic (exact) mass is 221 g/mol. The molecule has 1 heterocycles. The zero-order chi connectivity index (χ0) is 11.6. The lowest BCUT2D eigenvalue weighted by Gasteiger charge is -2.15. The van der Waals surface area contributed by atoms with Gasteiger partial charge in [0.1, 0.15) is 5.56 Å². The molecule has 5 nitrogen and oxygen atoms in total. The van der Waals surface area contributed by atoms with Crippen LogP contribution in [0.2, 0.25) is 0 Å². The van der Waals surface area contributed by atoms with Crippen molar-refractivity contribution in [3.05, 3.63) is 23.9 Å². The quantitative estimate of drug-likeness (QED) is 0.767. The average Bonchev–Trinajstić information content (AvgIpc) is 3.09. The van der Waals surface area contributed by atoms with E-state index in [0.717, 1.165) is 12.8 Å². The van der Waals surface area contributed by atoms with Crippen molar-refractivity contribution in [2.75, 3.05) is 13.7 Å². The van der Waals surface area contributed by atoms with E-state index >= 15 is 0 Å². The summed E-state index contributed by atoms with van der Waals surface area (Å²) in [5.41, 5.74) is 5.86. The first-order chi connectivity index (χ1) is 7.71. The Labute approximate surface area is 94.0 Å². The Morgan fingerprint density at radius 2 is 2.44 bits per heavy atom. The summed E-state index contributed by atoms with van der Waals surface area (Å²) in [5, 5.41) is 2.92. The number of aromatic nitrogens is 1. The molecular weight excluding hydrogens is 206 g/mol. The van der Waals surface area contributed by atoms with Gasteiger partial charge < -0.3 is 15.8 Å². The molecule has 0 aliphatic heterocycles. The van der Waals surface area contributed by atoms with E-state index in [-0.39, 0.29) is 11.4 Å². The minimum absolute atomic E-state index is 0.173. The first-order valence-electron chi connectivity index (χ1n) is 5.22. The molecule has 1 fully saturated rings. The number of nitrogens with one attached hydrogen (secondary N) is 1. The molecule has 0 atom stereocenters. The van der Waals surface area contributed by atoms with Crippen LogP contribution in [-0.4, -0.2) is 30.1 Å². The highest BCUT2D eigenvalue weighted by Crippen LogP contribution is 2.34. The van der Waals surface area contributed by atoms with Crippen molar-refractivity contribution in [2.45, 2.75) is 18.4 Å². The van der Waals surface area contributed by atoms with Crippen molar-refractivity contribution < 1.29 is 9.53 Å². The number of amides is 1. The molecule has 0 saturated heterocycles. The van der Waals surface area contributed by atoms with Crippen molar-refractivity contribution in [1.29, 1.82) is 0 Å². The van der Waals surface area contributed by atoms with Crippen LogP contribution in [0.1, 0.15) is 23.2 Å². The summed E-state index contributed by atoms with van der Waals surface area (Å²) >= 11 is 0. The van der Waals surface area contributed by atoms with Gasteiger partial charge in [-0.1, -0.05) is 0 Å². The fraction of sp³-hybridized carbons (Fsp3) is 0.455. The molecule has 1 aromatic heterocycles. The van der Waals surface area contributed by atoms with Gasteiger partial charge in [-0.25, -0.2) is 4.98 Å². The zero-order valence-electron chi connectivity index (χ0n) is 9.19. The predicted molar refractivity (Wildman–Crippen MR) is 59.3 cm³/mol. The van der Waals surface area contributed by atoms with Gasteiger partial charge in [0.25, 0.3) is 5.91 Å². The third kappa shape index (κ3) is 1.99. The van der Waals surface area contributed by atoms with Crippen LogP contribution in [0.4, 0.5) is 0 Å². The van der Waals surface area contributed by atoms with Gasteiger partial charge in [0.15, 0.2) is 0 Å². The lowest BCUT2D eigenvalue weighted by Crippen LogP contribution is -2.42. The summed E-state index contributed by atoms with van der Waals surface area (Å²) in [5.74, 6) is 0.167. The van der Waals surface area contributed by atoms with E-state index in [1.807, 2.05) is 0 Å². The summed E-state index contributed by atoms with van der Waals surface area (Å²) < 4.78 is 5.03. The molecule has 86 valence electrons. The van der Waals surface area contributed by atoms with Gasteiger partial charge in [-0.3, -0.25) is 4.79 Å². The van der Waals surface area contributed by atoms with Gasteiger partial charge in [-0.05, 0) is 25.0 Å². The lowest BCUT2D eigenvalue weighted by molar-refractivity contribution is 0.0929. The maximum Gasteiger partial charge on any atom is 0.257 e. The number of nitrogens with two attached hydrogens (primary N) is 1. The van der Waals surface area contributed by atoms with Gasteiger partial charge in [-0.15, -0.1) is 0 Å². The van der Waals surface area contributed by atoms with E-state index in [0.29, 0.717) is 18.0 Å². The van der Waals surface area contributed by atoms with Crippen LogP contribution in [0.25, 0.3) is 0 Å². The Hall–Kier alpha value is -1.62. The van der Waals surface area contributed by atoms with Gasteiger partial charge in [-0.2, -0.15) is 0 Å². The van der Waals surface area contributed by atoms with E-state index in [1.165, 1.54) is 7.11 Å². The molecule has 0 radical (unpaired) electrons. The molecular formula is C11H15N3O2. The van der Waals surface area contributed by atoms with Gasteiger partial charge in [0.05, 0.1) is 12.6 Å². The second-order valence-electron chi connectivity index (χ2n) is 4.00. The van der Waals surface area contributed by atoms with Crippen molar-refractivity contribution in [3.63, 3.8) is 0 Å². The largest absolute Gasteiger partial charge is 0.480 e. The second-order valence-corrected chi connectivity index (χ2v) is 4.00. The van der Waals surface area contributed by atoms with Crippen molar-refractivity contribution in [3.8, 4) is 5.88 Å². The van der Waals surface area contributed by atoms with E-state index in [2.05, 4.69) is 10.3 Å². The van der Waals surface area contributed by atoms with E-state index < -0.39 is 0 Å². The molecule has 16 heavy (non-hydrogen) atoms. The minimum atomic E-state index is -0.196. The Morgan fingerprint density at radius 3 is 3.00 bits per heavy atom. The SMILES string of the molecule is COc1ncccc1C(=O)NC1(CN)CC1. The summed E-state index contributed by atoms with van der Waals surface area (Å²) in [6.45, 7) is 0.474. The van der Waals surface area contributed by atoms with Gasteiger partial charge >= 0.3 is 0 Å². The number of nitrogens with zero attached hydrogens (tertiary/aromatic N) is 1. The highest BCUT2D eigenvalue weighted by Gasteiger charge is 2.43. The summed E-state index contributed by atoms with van der Waals surface area (Å²) in [6.07, 6.45) is 3.47. The third-order valence-corrected chi connectivity index (χ3v) is 2.83. The predicted octanol–water partition coefficient (Wildman–Crippen LogP) is 0.311. The number of carbonyl (C=O) groups is 1. The number of ether oxygens (including phenoxy) is 1. The molecule has 0 spiro atoms. The molecule has 1 aliphatic carbocycles. The molecule has 1 saturated carbocycles. The van der Waals surface area contributed by atoms with Crippen molar-refractivity contribution in [1.82, 2.24) is 10.3 Å². The fourth-order valence-electron chi connectivity index (χ4n) is 1.57. The summed E-state index contributed by atoms with van der Waals surface area (Å²) in [6, 6.07) is 3.40. The van der Waals surface area contributed by atoms with Crippen LogP contribution in [-0.2, 0) is 0 Å². The molecule has 1 aliphatic rings. The normalized spacial score (nSPS) is 16.6. The fourth-order valence-corrected chi connectivity index (χ4v) is 1.57. The van der Waals surface area contributed by atoms with Crippen LogP contribution in [0, 0.1) is 0 Å².